The third-order valence-electron chi connectivity index (χ3n) is 3.40. The van der Waals surface area contributed by atoms with E-state index in [2.05, 4.69) is 0 Å². The molecule has 2 nitrogen and oxygen atoms in total. The second-order valence-corrected chi connectivity index (χ2v) is 4.98. The van der Waals surface area contributed by atoms with E-state index in [1.807, 2.05) is 42.2 Å². The van der Waals surface area contributed by atoms with Crippen LogP contribution in [0.3, 0.4) is 0 Å². The van der Waals surface area contributed by atoms with E-state index in [9.17, 15) is 13.9 Å². The molecular formula is C17H19F2NO. The Kier molecular flexibility index (Phi) is 5.28. The fourth-order valence-corrected chi connectivity index (χ4v) is 2.30. The molecule has 1 unspecified atom stereocenters. The van der Waals surface area contributed by atoms with Gasteiger partial charge in [0.05, 0.1) is 6.10 Å². The van der Waals surface area contributed by atoms with Gasteiger partial charge >= 0.3 is 0 Å². The average molecular weight is 291 g/mol. The quantitative estimate of drug-likeness (QED) is 0.882. The minimum Gasteiger partial charge on any atom is -0.391 e. The molecule has 0 aliphatic rings. The summed E-state index contributed by atoms with van der Waals surface area (Å²) < 4.78 is 26.3. The Labute approximate surface area is 123 Å². The Morgan fingerprint density at radius 1 is 1.05 bits per heavy atom. The molecule has 0 aromatic heterocycles. The topological polar surface area (TPSA) is 23.5 Å². The van der Waals surface area contributed by atoms with Crippen LogP contribution in [-0.2, 0) is 6.42 Å². The largest absolute Gasteiger partial charge is 0.391 e. The Hall–Kier alpha value is -1.94. The summed E-state index contributed by atoms with van der Waals surface area (Å²) in [6.07, 6.45) is -0.0402. The minimum absolute atomic E-state index is 0.371. The Bertz CT molecular complexity index is 574. The molecule has 112 valence electrons. The number of hydrogen-bond donors (Lipinski definition) is 1. The maximum Gasteiger partial charge on any atom is 0.160 e. The van der Waals surface area contributed by atoms with Gasteiger partial charge in [-0.05, 0) is 24.6 Å². The smallest absolute Gasteiger partial charge is 0.160 e. The van der Waals surface area contributed by atoms with E-state index in [0.29, 0.717) is 25.2 Å². The SMILES string of the molecule is CCN(CC(O)Cc1ccccc1)c1ccc(F)c(F)c1. The van der Waals surface area contributed by atoms with Crippen molar-refractivity contribution in [2.75, 3.05) is 18.0 Å². The standard InChI is InChI=1S/C17H19F2NO/c1-2-20(14-8-9-16(18)17(19)11-14)12-15(21)10-13-6-4-3-5-7-13/h3-9,11,15,21H,2,10,12H2,1H3. The van der Waals surface area contributed by atoms with Gasteiger partial charge in [-0.3, -0.25) is 0 Å². The maximum absolute atomic E-state index is 13.3. The Morgan fingerprint density at radius 3 is 2.38 bits per heavy atom. The predicted molar refractivity (Wildman–Crippen MR) is 80.4 cm³/mol. The van der Waals surface area contributed by atoms with E-state index in [-0.39, 0.29) is 0 Å². The molecule has 0 saturated heterocycles. The van der Waals surface area contributed by atoms with Crippen LogP contribution >= 0.6 is 0 Å². The van der Waals surface area contributed by atoms with Crippen LogP contribution in [0.1, 0.15) is 12.5 Å². The van der Waals surface area contributed by atoms with Gasteiger partial charge in [-0.2, -0.15) is 0 Å². The lowest BCUT2D eigenvalue weighted by atomic mass is 10.1. The molecular weight excluding hydrogens is 272 g/mol. The summed E-state index contributed by atoms with van der Waals surface area (Å²) in [4.78, 5) is 1.83. The fraction of sp³-hybridized carbons (Fsp3) is 0.294. The lowest BCUT2D eigenvalue weighted by Crippen LogP contribution is -2.33. The molecule has 1 atom stereocenters. The van der Waals surface area contributed by atoms with Crippen molar-refractivity contribution in [1.29, 1.82) is 0 Å². The van der Waals surface area contributed by atoms with Crippen molar-refractivity contribution in [1.82, 2.24) is 0 Å². The molecule has 2 aromatic carbocycles. The lowest BCUT2D eigenvalue weighted by molar-refractivity contribution is 0.180. The first kappa shape index (κ1) is 15.4. The normalized spacial score (nSPS) is 12.2. The Balaban J connectivity index is 2.02. The van der Waals surface area contributed by atoms with Gasteiger partial charge in [0.25, 0.3) is 0 Å². The molecule has 0 saturated carbocycles. The Morgan fingerprint density at radius 2 is 1.76 bits per heavy atom. The number of halogens is 2. The molecule has 0 spiro atoms. The first-order chi connectivity index (χ1) is 10.1. The van der Waals surface area contributed by atoms with E-state index >= 15 is 0 Å². The number of benzene rings is 2. The predicted octanol–water partition coefficient (Wildman–Crippen LogP) is 3.39. The van der Waals surface area contributed by atoms with Crippen LogP contribution in [0.15, 0.2) is 48.5 Å². The second-order valence-electron chi connectivity index (χ2n) is 4.98. The third-order valence-corrected chi connectivity index (χ3v) is 3.40. The highest BCUT2D eigenvalue weighted by Gasteiger charge is 2.13. The van der Waals surface area contributed by atoms with Gasteiger partial charge in [0.15, 0.2) is 11.6 Å². The summed E-state index contributed by atoms with van der Waals surface area (Å²) in [6.45, 7) is 2.89. The van der Waals surface area contributed by atoms with Crippen LogP contribution in [0.2, 0.25) is 0 Å². The average Bonchev–Trinajstić information content (AvgIpc) is 2.49. The molecule has 1 N–H and O–H groups in total. The second kappa shape index (κ2) is 7.18. The zero-order chi connectivity index (χ0) is 15.2. The molecule has 0 radical (unpaired) electrons. The number of hydrogen-bond acceptors (Lipinski definition) is 2. The van der Waals surface area contributed by atoms with Crippen molar-refractivity contribution in [2.45, 2.75) is 19.4 Å². The van der Waals surface area contributed by atoms with Crippen LogP contribution in [-0.4, -0.2) is 24.3 Å². The van der Waals surface area contributed by atoms with Crippen molar-refractivity contribution >= 4 is 5.69 Å². The van der Waals surface area contributed by atoms with Crippen LogP contribution < -0.4 is 4.90 Å². The number of anilines is 1. The van der Waals surface area contributed by atoms with Crippen LogP contribution in [0.5, 0.6) is 0 Å². The summed E-state index contributed by atoms with van der Waals surface area (Å²) in [6, 6.07) is 13.5. The number of likely N-dealkylation sites (N-methyl/N-ethyl adjacent to an activating group) is 1. The van der Waals surface area contributed by atoms with Gasteiger partial charge in [-0.1, -0.05) is 30.3 Å². The van der Waals surface area contributed by atoms with Gasteiger partial charge in [0, 0.05) is 31.3 Å². The summed E-state index contributed by atoms with van der Waals surface area (Å²) >= 11 is 0. The molecule has 4 heteroatoms. The molecule has 0 heterocycles. The first-order valence-electron chi connectivity index (χ1n) is 7.02. The minimum atomic E-state index is -0.872. The number of rotatable bonds is 6. The highest BCUT2D eigenvalue weighted by Crippen LogP contribution is 2.18. The summed E-state index contributed by atoms with van der Waals surface area (Å²) in [5.41, 5.74) is 1.62. The highest BCUT2D eigenvalue weighted by atomic mass is 19.2. The van der Waals surface area contributed by atoms with Gasteiger partial charge in [-0.15, -0.1) is 0 Å². The first-order valence-corrected chi connectivity index (χ1v) is 7.02. The molecule has 2 rings (SSSR count). The van der Waals surface area contributed by atoms with Gasteiger partial charge < -0.3 is 10.0 Å². The van der Waals surface area contributed by atoms with Crippen LogP contribution in [0, 0.1) is 11.6 Å². The van der Waals surface area contributed by atoms with Crippen molar-refractivity contribution in [3.8, 4) is 0 Å². The molecule has 21 heavy (non-hydrogen) atoms. The molecule has 0 aliphatic heterocycles. The van der Waals surface area contributed by atoms with Crippen LogP contribution in [0.25, 0.3) is 0 Å². The molecule has 0 aliphatic carbocycles. The molecule has 0 fully saturated rings. The maximum atomic E-state index is 13.3. The molecule has 0 bridgehead atoms. The monoisotopic (exact) mass is 291 g/mol. The van der Waals surface area contributed by atoms with Crippen molar-refractivity contribution in [2.24, 2.45) is 0 Å². The third kappa shape index (κ3) is 4.26. The van der Waals surface area contributed by atoms with E-state index < -0.39 is 17.7 Å². The van der Waals surface area contributed by atoms with Gasteiger partial charge in [0.1, 0.15) is 0 Å². The summed E-state index contributed by atoms with van der Waals surface area (Å²) in [5, 5.41) is 10.2. The highest BCUT2D eigenvalue weighted by molar-refractivity contribution is 5.46. The van der Waals surface area contributed by atoms with Gasteiger partial charge in [-0.25, -0.2) is 8.78 Å². The summed E-state index contributed by atoms with van der Waals surface area (Å²) in [7, 11) is 0. The number of nitrogens with zero attached hydrogens (tertiary/aromatic N) is 1. The fourth-order valence-electron chi connectivity index (χ4n) is 2.30. The lowest BCUT2D eigenvalue weighted by Gasteiger charge is -2.26. The summed E-state index contributed by atoms with van der Waals surface area (Å²) in [5.74, 6) is -1.73. The number of aliphatic hydroxyl groups is 1. The zero-order valence-electron chi connectivity index (χ0n) is 12.0. The zero-order valence-corrected chi connectivity index (χ0v) is 12.0. The molecule has 2 aromatic rings. The number of aliphatic hydroxyl groups excluding tert-OH is 1. The molecule has 0 amide bonds. The van der Waals surface area contributed by atoms with E-state index in [1.54, 1.807) is 0 Å². The van der Waals surface area contributed by atoms with Gasteiger partial charge in [0.2, 0.25) is 0 Å². The van der Waals surface area contributed by atoms with E-state index in [4.69, 9.17) is 0 Å². The van der Waals surface area contributed by atoms with Crippen LogP contribution in [0.4, 0.5) is 14.5 Å². The van der Waals surface area contributed by atoms with Crippen molar-refractivity contribution < 1.29 is 13.9 Å². The van der Waals surface area contributed by atoms with E-state index in [0.717, 1.165) is 17.7 Å². The van der Waals surface area contributed by atoms with E-state index in [1.165, 1.54) is 6.07 Å². The van der Waals surface area contributed by atoms with Crippen molar-refractivity contribution in [3.05, 3.63) is 65.7 Å². The van der Waals surface area contributed by atoms with Crippen molar-refractivity contribution in [3.63, 3.8) is 0 Å².